The second-order valence-corrected chi connectivity index (χ2v) is 10.2. The molecule has 0 radical (unpaired) electrons. The molecular weight excluding hydrogens is 488 g/mol. The number of hydrogen-bond donors (Lipinski definition) is 0. The first kappa shape index (κ1) is 25.3. The highest BCUT2D eigenvalue weighted by Crippen LogP contribution is 2.34. The lowest BCUT2D eigenvalue weighted by atomic mass is 9.98. The first-order valence-corrected chi connectivity index (χ1v) is 13.6. The van der Waals surface area contributed by atoms with E-state index in [0.29, 0.717) is 0 Å². The number of benzene rings is 3. The Labute approximate surface area is 235 Å². The summed E-state index contributed by atoms with van der Waals surface area (Å²) in [5, 5.41) is 1.10. The quantitative estimate of drug-likeness (QED) is 0.203. The standard InChI is InChI=1S/C36H33N4/c1-6-12-33-31(7-2)32-24-37-18-17-34(32)40(33)30-16-11-15-28(23-30)29-21-25(3)35(26(4)22-29)39-20-19-38(5)36(39)27-13-9-8-10-14-27/h6-24H,2H2,1,3-5H3/q+1/b12-6-. The zero-order valence-corrected chi connectivity index (χ0v) is 23.5. The van der Waals surface area contributed by atoms with Gasteiger partial charge in [-0.05, 0) is 91.6 Å². The number of imidazole rings is 1. The van der Waals surface area contributed by atoms with Crippen molar-refractivity contribution in [2.45, 2.75) is 20.8 Å². The van der Waals surface area contributed by atoms with Crippen molar-refractivity contribution in [3.05, 3.63) is 133 Å². The molecule has 3 aromatic carbocycles. The third kappa shape index (κ3) is 4.18. The van der Waals surface area contributed by atoms with Gasteiger partial charge in [-0.3, -0.25) is 4.98 Å². The van der Waals surface area contributed by atoms with Crippen molar-refractivity contribution in [3.63, 3.8) is 0 Å². The number of allylic oxidation sites excluding steroid dienone is 1. The summed E-state index contributed by atoms with van der Waals surface area (Å²) in [7, 11) is 2.10. The lowest BCUT2D eigenvalue weighted by Crippen LogP contribution is -2.29. The average molecular weight is 522 g/mol. The molecular formula is C36H33N4+. The van der Waals surface area contributed by atoms with Crippen molar-refractivity contribution in [1.82, 2.24) is 14.1 Å². The maximum Gasteiger partial charge on any atom is 0.293 e. The van der Waals surface area contributed by atoms with E-state index in [0.717, 1.165) is 33.7 Å². The van der Waals surface area contributed by atoms with Crippen LogP contribution in [0.3, 0.4) is 0 Å². The first-order valence-electron chi connectivity index (χ1n) is 13.6. The molecule has 0 N–H and O–H groups in total. The van der Waals surface area contributed by atoms with Gasteiger partial charge in [-0.2, -0.15) is 4.57 Å². The van der Waals surface area contributed by atoms with Crippen LogP contribution in [0.4, 0.5) is 0 Å². The van der Waals surface area contributed by atoms with Crippen molar-refractivity contribution in [3.8, 4) is 33.9 Å². The third-order valence-electron chi connectivity index (χ3n) is 7.58. The highest BCUT2D eigenvalue weighted by Gasteiger charge is 2.22. The number of pyridine rings is 1. The number of nitrogens with zero attached hydrogens (tertiary/aromatic N) is 4. The van der Waals surface area contributed by atoms with E-state index in [9.17, 15) is 0 Å². The molecule has 3 heterocycles. The zero-order chi connectivity index (χ0) is 27.8. The fraction of sp³-hybridized carbons (Fsp3) is 0.111. The smallest absolute Gasteiger partial charge is 0.293 e. The van der Waals surface area contributed by atoms with Crippen molar-refractivity contribution in [1.29, 1.82) is 0 Å². The van der Waals surface area contributed by atoms with Gasteiger partial charge in [0.1, 0.15) is 18.1 Å². The Morgan fingerprint density at radius 1 is 0.875 bits per heavy atom. The lowest BCUT2D eigenvalue weighted by Gasteiger charge is -2.14. The molecule has 0 amide bonds. The number of hydrogen-bond acceptors (Lipinski definition) is 1. The molecule has 0 spiro atoms. The number of aryl methyl sites for hydroxylation is 3. The summed E-state index contributed by atoms with van der Waals surface area (Å²) in [5.74, 6) is 1.16. The Morgan fingerprint density at radius 2 is 1.62 bits per heavy atom. The fourth-order valence-electron chi connectivity index (χ4n) is 5.91. The van der Waals surface area contributed by atoms with Crippen LogP contribution in [-0.4, -0.2) is 14.1 Å². The van der Waals surface area contributed by atoms with Gasteiger partial charge in [-0.1, -0.05) is 49.1 Å². The van der Waals surface area contributed by atoms with Crippen LogP contribution >= 0.6 is 0 Å². The van der Waals surface area contributed by atoms with Crippen molar-refractivity contribution >= 4 is 23.1 Å². The molecule has 196 valence electrons. The van der Waals surface area contributed by atoms with Crippen molar-refractivity contribution < 1.29 is 4.57 Å². The summed E-state index contributed by atoms with van der Waals surface area (Å²) in [5.41, 5.74) is 11.7. The molecule has 0 saturated carbocycles. The fourth-order valence-corrected chi connectivity index (χ4v) is 5.91. The molecule has 0 fully saturated rings. The van der Waals surface area contributed by atoms with Crippen molar-refractivity contribution in [2.24, 2.45) is 7.05 Å². The topological polar surface area (TPSA) is 26.6 Å². The van der Waals surface area contributed by atoms with Gasteiger partial charge in [-0.15, -0.1) is 0 Å². The molecule has 0 saturated heterocycles. The van der Waals surface area contributed by atoms with Gasteiger partial charge >= 0.3 is 0 Å². The molecule has 0 aliphatic carbocycles. The SMILES string of the molecule is C=Cc1c(/C=C\C)n(-c2cccc(-c3cc(C)c(-n4cc[n+](C)c4-c4ccccc4)c(C)c3)c2)c2ccncc12. The van der Waals surface area contributed by atoms with Crippen molar-refractivity contribution in [2.75, 3.05) is 0 Å². The summed E-state index contributed by atoms with van der Waals surface area (Å²) in [6.07, 6.45) is 14.2. The molecule has 0 aliphatic heterocycles. The van der Waals surface area contributed by atoms with Gasteiger partial charge in [0.2, 0.25) is 0 Å². The summed E-state index contributed by atoms with van der Waals surface area (Å²) < 4.78 is 6.79. The second-order valence-electron chi connectivity index (χ2n) is 10.2. The zero-order valence-electron chi connectivity index (χ0n) is 23.5. The molecule has 0 aliphatic rings. The van der Waals surface area contributed by atoms with E-state index in [2.05, 4.69) is 144 Å². The van der Waals surface area contributed by atoms with Gasteiger partial charge in [0.25, 0.3) is 5.82 Å². The van der Waals surface area contributed by atoms with Crippen LogP contribution in [0, 0.1) is 13.8 Å². The van der Waals surface area contributed by atoms with Crippen LogP contribution in [-0.2, 0) is 7.05 Å². The predicted octanol–water partition coefficient (Wildman–Crippen LogP) is 8.27. The van der Waals surface area contributed by atoms with E-state index in [-0.39, 0.29) is 0 Å². The number of fused-ring (bicyclic) bond motifs is 1. The highest BCUT2D eigenvalue weighted by molar-refractivity contribution is 5.94. The van der Waals surface area contributed by atoms with Crippen LogP contribution < -0.4 is 4.57 Å². The Kier molecular flexibility index (Phi) is 6.53. The maximum atomic E-state index is 4.39. The van der Waals surface area contributed by atoms with Gasteiger partial charge < -0.3 is 4.57 Å². The minimum absolute atomic E-state index is 1.09. The Hall–Kier alpha value is -4.96. The molecule has 4 nitrogen and oxygen atoms in total. The van der Waals surface area contributed by atoms with E-state index >= 15 is 0 Å². The summed E-state index contributed by atoms with van der Waals surface area (Å²) in [6, 6.07) is 26.0. The molecule has 0 bridgehead atoms. The monoisotopic (exact) mass is 521 g/mol. The van der Waals surface area contributed by atoms with Crippen LogP contribution in [0.1, 0.15) is 29.3 Å². The first-order chi connectivity index (χ1) is 19.5. The van der Waals surface area contributed by atoms with E-state index in [1.54, 1.807) is 0 Å². The van der Waals surface area contributed by atoms with Crippen LogP contribution in [0.25, 0.3) is 56.9 Å². The number of aromatic nitrogens is 4. The van der Waals surface area contributed by atoms with E-state index < -0.39 is 0 Å². The second kappa shape index (κ2) is 10.3. The molecule has 0 atom stereocenters. The normalized spacial score (nSPS) is 11.5. The van der Waals surface area contributed by atoms with Crippen LogP contribution in [0.15, 0.2) is 110 Å². The lowest BCUT2D eigenvalue weighted by molar-refractivity contribution is -0.659. The average Bonchev–Trinajstić information content (AvgIpc) is 3.50. The Bertz CT molecular complexity index is 1880. The highest BCUT2D eigenvalue weighted by atomic mass is 15.1. The molecule has 4 heteroatoms. The van der Waals surface area contributed by atoms with E-state index in [1.807, 2.05) is 25.4 Å². The van der Waals surface area contributed by atoms with Gasteiger partial charge in [0.05, 0.1) is 23.8 Å². The Morgan fingerprint density at radius 3 is 2.35 bits per heavy atom. The maximum absolute atomic E-state index is 4.39. The van der Waals surface area contributed by atoms with Gasteiger partial charge in [-0.25, -0.2) is 4.57 Å². The minimum atomic E-state index is 1.09. The largest absolute Gasteiger partial charge is 0.309 e. The number of rotatable bonds is 6. The molecule has 3 aromatic heterocycles. The van der Waals surface area contributed by atoms with Crippen LogP contribution in [0.5, 0.6) is 0 Å². The molecule has 0 unspecified atom stereocenters. The molecule has 40 heavy (non-hydrogen) atoms. The summed E-state index contributed by atoms with van der Waals surface area (Å²) in [6.45, 7) is 10.6. The van der Waals surface area contributed by atoms with Gasteiger partial charge in [0.15, 0.2) is 0 Å². The molecule has 6 rings (SSSR count). The van der Waals surface area contributed by atoms with E-state index in [4.69, 9.17) is 0 Å². The van der Waals surface area contributed by atoms with Gasteiger partial charge in [0, 0.05) is 29.0 Å². The summed E-state index contributed by atoms with van der Waals surface area (Å²) >= 11 is 0. The summed E-state index contributed by atoms with van der Waals surface area (Å²) in [4.78, 5) is 4.39. The van der Waals surface area contributed by atoms with Crippen LogP contribution in [0.2, 0.25) is 0 Å². The Balaban J connectivity index is 1.48. The van der Waals surface area contributed by atoms with E-state index in [1.165, 1.54) is 33.5 Å². The third-order valence-corrected chi connectivity index (χ3v) is 7.58. The minimum Gasteiger partial charge on any atom is -0.309 e. The predicted molar refractivity (Wildman–Crippen MR) is 167 cm³/mol. The molecule has 6 aromatic rings.